The first-order valence-electron chi connectivity index (χ1n) is 9.63. The number of thioether (sulfide) groups is 1. The molecule has 3 N–H and O–H groups in total. The molecule has 2 unspecified atom stereocenters. The van der Waals surface area contributed by atoms with E-state index in [2.05, 4.69) is 21.2 Å². The van der Waals surface area contributed by atoms with E-state index in [-0.39, 0.29) is 29.7 Å². The van der Waals surface area contributed by atoms with Crippen LogP contribution in [0.3, 0.4) is 0 Å². The molecule has 1 saturated heterocycles. The summed E-state index contributed by atoms with van der Waals surface area (Å²) in [6.45, 7) is 0.948. The van der Waals surface area contributed by atoms with Gasteiger partial charge in [-0.25, -0.2) is 10.4 Å². The number of para-hydroxylation sites is 1. The Morgan fingerprint density at radius 1 is 1.23 bits per heavy atom. The molecule has 0 aliphatic carbocycles. The van der Waals surface area contributed by atoms with Crippen molar-refractivity contribution in [2.24, 2.45) is 10.9 Å². The number of ether oxygens (including phenoxy) is 1. The van der Waals surface area contributed by atoms with Gasteiger partial charge in [-0.15, -0.1) is 0 Å². The van der Waals surface area contributed by atoms with Gasteiger partial charge in [-0.05, 0) is 29.8 Å². The van der Waals surface area contributed by atoms with Crippen molar-refractivity contribution in [3.05, 3.63) is 60.2 Å². The van der Waals surface area contributed by atoms with E-state index in [1.165, 1.54) is 11.8 Å². The Balaban J connectivity index is 1.40. The Kier molecular flexibility index (Phi) is 6.32. The van der Waals surface area contributed by atoms with E-state index in [9.17, 15) is 9.59 Å². The summed E-state index contributed by atoms with van der Waals surface area (Å²) in [5.41, 5.74) is 7.75. The van der Waals surface area contributed by atoms with E-state index >= 15 is 0 Å². The van der Waals surface area contributed by atoms with Crippen LogP contribution >= 0.6 is 11.8 Å². The molecule has 2 atom stereocenters. The lowest BCUT2D eigenvalue weighted by Crippen LogP contribution is -2.49. The first-order valence-corrected chi connectivity index (χ1v) is 10.6. The third kappa shape index (κ3) is 4.48. The third-order valence-electron chi connectivity index (χ3n) is 4.93. The molecule has 0 saturated carbocycles. The highest BCUT2D eigenvalue weighted by atomic mass is 32.2. The van der Waals surface area contributed by atoms with Crippen LogP contribution in [0.15, 0.2) is 59.6 Å². The highest BCUT2D eigenvalue weighted by molar-refractivity contribution is 8.14. The van der Waals surface area contributed by atoms with E-state index in [0.29, 0.717) is 18.3 Å². The third-order valence-corrected chi connectivity index (χ3v) is 5.88. The van der Waals surface area contributed by atoms with Crippen LogP contribution in [-0.4, -0.2) is 42.6 Å². The maximum atomic E-state index is 13.1. The minimum Gasteiger partial charge on any atom is -0.497 e. The van der Waals surface area contributed by atoms with Crippen molar-refractivity contribution in [2.75, 3.05) is 24.3 Å². The fraction of sp³-hybridized carbons (Fsp3) is 0.286. The normalized spacial score (nSPS) is 20.5. The van der Waals surface area contributed by atoms with Gasteiger partial charge in [-0.1, -0.05) is 42.1 Å². The summed E-state index contributed by atoms with van der Waals surface area (Å²) in [5, 5.41) is 3.42. The SMILES string of the molecule is COc1ccc(CNC(=O)CSC2=NC3NNCC3C(=O)N2c2ccccc2)cc1. The highest BCUT2D eigenvalue weighted by Gasteiger charge is 2.42. The van der Waals surface area contributed by atoms with Crippen molar-refractivity contribution in [3.63, 3.8) is 0 Å². The van der Waals surface area contributed by atoms with Crippen molar-refractivity contribution in [1.29, 1.82) is 0 Å². The summed E-state index contributed by atoms with van der Waals surface area (Å²) in [6.07, 6.45) is -0.317. The monoisotopic (exact) mass is 425 g/mol. The number of nitrogens with one attached hydrogen (secondary N) is 3. The van der Waals surface area contributed by atoms with Gasteiger partial charge in [0.2, 0.25) is 11.8 Å². The average molecular weight is 426 g/mol. The van der Waals surface area contributed by atoms with Crippen LogP contribution in [-0.2, 0) is 16.1 Å². The Labute approximate surface area is 179 Å². The number of carbonyl (C=O) groups is 2. The van der Waals surface area contributed by atoms with E-state index in [1.54, 1.807) is 12.0 Å². The molecule has 0 bridgehead atoms. The molecule has 4 rings (SSSR count). The summed E-state index contributed by atoms with van der Waals surface area (Å²) in [4.78, 5) is 31.7. The van der Waals surface area contributed by atoms with Crippen molar-refractivity contribution in [1.82, 2.24) is 16.2 Å². The number of hydrogen-bond donors (Lipinski definition) is 3. The minimum atomic E-state index is -0.317. The zero-order valence-electron chi connectivity index (χ0n) is 16.5. The molecule has 156 valence electrons. The molecular formula is C21H23N5O3S. The summed E-state index contributed by atoms with van der Waals surface area (Å²) in [7, 11) is 1.62. The van der Waals surface area contributed by atoms with Gasteiger partial charge in [-0.3, -0.25) is 19.9 Å². The molecule has 0 spiro atoms. The smallest absolute Gasteiger partial charge is 0.241 e. The number of amides is 2. The Hall–Kier alpha value is -2.88. The van der Waals surface area contributed by atoms with E-state index in [0.717, 1.165) is 17.0 Å². The number of hydrazine groups is 1. The van der Waals surface area contributed by atoms with Crippen LogP contribution < -0.4 is 25.8 Å². The van der Waals surface area contributed by atoms with E-state index in [1.807, 2.05) is 54.6 Å². The number of anilines is 1. The van der Waals surface area contributed by atoms with Gasteiger partial charge < -0.3 is 10.1 Å². The molecule has 2 amide bonds. The number of amidine groups is 1. The molecule has 9 heteroatoms. The molecule has 2 heterocycles. The van der Waals surface area contributed by atoms with Crippen LogP contribution in [0.1, 0.15) is 5.56 Å². The molecule has 8 nitrogen and oxygen atoms in total. The number of nitrogens with zero attached hydrogens (tertiary/aromatic N) is 2. The predicted octanol–water partition coefficient (Wildman–Crippen LogP) is 1.50. The Morgan fingerprint density at radius 3 is 2.73 bits per heavy atom. The largest absolute Gasteiger partial charge is 0.497 e. The van der Waals surface area contributed by atoms with Gasteiger partial charge >= 0.3 is 0 Å². The predicted molar refractivity (Wildman–Crippen MR) is 117 cm³/mol. The minimum absolute atomic E-state index is 0.0279. The zero-order chi connectivity index (χ0) is 20.9. The topological polar surface area (TPSA) is 95.1 Å². The van der Waals surface area contributed by atoms with Crippen molar-refractivity contribution in [2.45, 2.75) is 12.7 Å². The second-order valence-corrected chi connectivity index (χ2v) is 7.85. The summed E-state index contributed by atoms with van der Waals surface area (Å²) in [6, 6.07) is 16.9. The molecule has 2 aromatic rings. The van der Waals surface area contributed by atoms with Crippen LogP contribution in [0.25, 0.3) is 0 Å². The first kappa shape index (κ1) is 20.4. The number of methoxy groups -OCH3 is 1. The Bertz CT molecular complexity index is 935. The molecule has 2 aliphatic rings. The second-order valence-electron chi connectivity index (χ2n) is 6.91. The lowest BCUT2D eigenvalue weighted by atomic mass is 10.1. The maximum Gasteiger partial charge on any atom is 0.241 e. The summed E-state index contributed by atoms with van der Waals surface area (Å²) < 4.78 is 5.14. The van der Waals surface area contributed by atoms with E-state index < -0.39 is 0 Å². The molecule has 30 heavy (non-hydrogen) atoms. The van der Waals surface area contributed by atoms with Crippen LogP contribution in [0.4, 0.5) is 5.69 Å². The van der Waals surface area contributed by atoms with Gasteiger partial charge in [0, 0.05) is 13.1 Å². The van der Waals surface area contributed by atoms with Crippen molar-refractivity contribution >= 4 is 34.4 Å². The number of aliphatic imine (C=N–C) groups is 1. The van der Waals surface area contributed by atoms with E-state index in [4.69, 9.17) is 4.74 Å². The number of hydrogen-bond acceptors (Lipinski definition) is 7. The number of carbonyl (C=O) groups excluding carboxylic acids is 2. The van der Waals surface area contributed by atoms with Crippen molar-refractivity contribution in [3.8, 4) is 5.75 Å². The molecule has 0 radical (unpaired) electrons. The first-order chi connectivity index (χ1) is 14.7. The van der Waals surface area contributed by atoms with Crippen LogP contribution in [0.5, 0.6) is 5.75 Å². The molecular weight excluding hydrogens is 402 g/mol. The van der Waals surface area contributed by atoms with Crippen LogP contribution in [0.2, 0.25) is 0 Å². The number of fused-ring (bicyclic) bond motifs is 1. The van der Waals surface area contributed by atoms with Gasteiger partial charge in [0.1, 0.15) is 11.9 Å². The average Bonchev–Trinajstić information content (AvgIpc) is 3.26. The van der Waals surface area contributed by atoms with Gasteiger partial charge in [-0.2, -0.15) is 0 Å². The summed E-state index contributed by atoms with van der Waals surface area (Å²) in [5.74, 6) is 0.517. The zero-order valence-corrected chi connectivity index (χ0v) is 17.3. The van der Waals surface area contributed by atoms with Crippen LogP contribution in [0, 0.1) is 5.92 Å². The quantitative estimate of drug-likeness (QED) is 0.649. The fourth-order valence-corrected chi connectivity index (χ4v) is 4.18. The highest BCUT2D eigenvalue weighted by Crippen LogP contribution is 2.29. The number of benzene rings is 2. The van der Waals surface area contributed by atoms with Gasteiger partial charge in [0.05, 0.1) is 24.5 Å². The standard InChI is InChI=1S/C21H23N5O3S/c1-29-16-9-7-14(8-10-16)11-22-18(27)13-30-21-24-19-17(12-23-25-19)20(28)26(21)15-5-3-2-4-6-15/h2-10,17,19,23,25H,11-13H2,1H3,(H,22,27). The fourth-order valence-electron chi connectivity index (χ4n) is 3.31. The van der Waals surface area contributed by atoms with Gasteiger partial charge in [0.25, 0.3) is 0 Å². The molecule has 1 fully saturated rings. The lowest BCUT2D eigenvalue weighted by Gasteiger charge is -2.32. The summed E-state index contributed by atoms with van der Waals surface area (Å²) >= 11 is 1.26. The lowest BCUT2D eigenvalue weighted by molar-refractivity contribution is -0.121. The molecule has 2 aliphatic heterocycles. The Morgan fingerprint density at radius 2 is 2.00 bits per heavy atom. The molecule has 0 aromatic heterocycles. The molecule has 2 aromatic carbocycles. The van der Waals surface area contributed by atoms with Crippen molar-refractivity contribution < 1.29 is 14.3 Å². The maximum absolute atomic E-state index is 13.1. The second kappa shape index (κ2) is 9.29. The number of rotatable bonds is 6. The van der Waals surface area contributed by atoms with Gasteiger partial charge in [0.15, 0.2) is 5.17 Å².